The average molecular weight is 461 g/mol. The smallest absolute Gasteiger partial charge is 0.335 e. The molecule has 4 fully saturated rings. The Morgan fingerprint density at radius 1 is 0.853 bits per heavy atom. The molecule has 0 radical (unpaired) electrons. The lowest BCUT2D eigenvalue weighted by molar-refractivity contribution is -0.164. The molecule has 0 aromatic heterocycles. The van der Waals surface area contributed by atoms with Crippen LogP contribution < -0.4 is 10.6 Å². The highest BCUT2D eigenvalue weighted by Crippen LogP contribution is 2.65. The van der Waals surface area contributed by atoms with Crippen LogP contribution in [0, 0.1) is 22.7 Å². The summed E-state index contributed by atoms with van der Waals surface area (Å²) in [6.07, 6.45) is 7.01. The standard InChI is InChI=1S/C28H32N2O4/c31-24(32)22-8-10-23(11-9-22)30-26(34)28-16-20-13-21(17-28)15-27(14-20,18-28)25(33)29-12-4-7-19-5-2-1-3-6-19/h1-3,5-6,8-11,20-21H,4,7,12-18H2,(H,29,33)(H,30,34)(H,31,32). The van der Waals surface area contributed by atoms with Gasteiger partial charge in [0.1, 0.15) is 0 Å². The molecule has 4 bridgehead atoms. The van der Waals surface area contributed by atoms with Crippen LogP contribution in [0.3, 0.4) is 0 Å². The molecule has 0 spiro atoms. The third-order valence-electron chi connectivity index (χ3n) is 8.18. The molecule has 6 nitrogen and oxygen atoms in total. The van der Waals surface area contributed by atoms with Crippen LogP contribution in [0.2, 0.25) is 0 Å². The monoisotopic (exact) mass is 460 g/mol. The molecule has 3 N–H and O–H groups in total. The molecule has 4 aliphatic rings. The van der Waals surface area contributed by atoms with Crippen molar-refractivity contribution in [3.8, 4) is 0 Å². The summed E-state index contributed by atoms with van der Waals surface area (Å²) >= 11 is 0. The molecule has 2 aromatic carbocycles. The Kier molecular flexibility index (Phi) is 5.92. The van der Waals surface area contributed by atoms with E-state index in [1.807, 2.05) is 18.2 Å². The highest BCUT2D eigenvalue weighted by molar-refractivity contribution is 5.97. The highest BCUT2D eigenvalue weighted by atomic mass is 16.4. The Bertz CT molecular complexity index is 1070. The fourth-order valence-electron chi connectivity index (χ4n) is 7.08. The molecule has 2 unspecified atom stereocenters. The molecule has 6 rings (SSSR count). The third-order valence-corrected chi connectivity index (χ3v) is 8.18. The lowest BCUT2D eigenvalue weighted by Gasteiger charge is -2.60. The van der Waals surface area contributed by atoms with Gasteiger partial charge in [-0.15, -0.1) is 0 Å². The number of carboxylic acids is 1. The molecular weight excluding hydrogens is 428 g/mol. The summed E-state index contributed by atoms with van der Waals surface area (Å²) in [5.41, 5.74) is 1.11. The quantitative estimate of drug-likeness (QED) is 0.499. The number of amides is 2. The fraction of sp³-hybridized carbons (Fsp3) is 0.464. The maximum Gasteiger partial charge on any atom is 0.335 e. The van der Waals surface area contributed by atoms with E-state index in [1.54, 1.807) is 12.1 Å². The molecule has 0 saturated heterocycles. The van der Waals surface area contributed by atoms with Crippen molar-refractivity contribution in [3.63, 3.8) is 0 Å². The largest absolute Gasteiger partial charge is 0.478 e. The van der Waals surface area contributed by atoms with Crippen LogP contribution in [-0.2, 0) is 16.0 Å². The molecule has 0 heterocycles. The van der Waals surface area contributed by atoms with Crippen molar-refractivity contribution in [1.82, 2.24) is 5.32 Å². The molecule has 2 atom stereocenters. The number of hydrogen-bond donors (Lipinski definition) is 3. The van der Waals surface area contributed by atoms with Gasteiger partial charge >= 0.3 is 5.97 Å². The minimum atomic E-state index is -0.990. The Balaban J connectivity index is 1.24. The predicted octanol–water partition coefficient (Wildman–Crippen LogP) is 4.66. The normalized spacial score (nSPS) is 28.9. The first-order valence-electron chi connectivity index (χ1n) is 12.3. The van der Waals surface area contributed by atoms with Gasteiger partial charge in [0.15, 0.2) is 0 Å². The van der Waals surface area contributed by atoms with Gasteiger partial charge in [0.2, 0.25) is 11.8 Å². The van der Waals surface area contributed by atoms with Gasteiger partial charge in [-0.05, 0) is 93.0 Å². The van der Waals surface area contributed by atoms with Crippen LogP contribution in [0.5, 0.6) is 0 Å². The van der Waals surface area contributed by atoms with Gasteiger partial charge < -0.3 is 15.7 Å². The van der Waals surface area contributed by atoms with E-state index in [-0.39, 0.29) is 17.4 Å². The zero-order valence-electron chi connectivity index (χ0n) is 19.4. The number of hydrogen-bond acceptors (Lipinski definition) is 3. The van der Waals surface area contributed by atoms with Crippen molar-refractivity contribution < 1.29 is 19.5 Å². The molecule has 0 aliphatic heterocycles. The second-order valence-corrected chi connectivity index (χ2v) is 10.7. The Morgan fingerprint density at radius 2 is 1.47 bits per heavy atom. The second kappa shape index (κ2) is 8.90. The average Bonchev–Trinajstić information content (AvgIpc) is 2.82. The number of anilines is 1. The SMILES string of the molecule is O=C(O)c1ccc(NC(=O)C23CC4CC(CC(C(=O)NCCCc5ccccc5)(C4)C2)C3)cc1. The molecular formula is C28H32N2O4. The maximum atomic E-state index is 13.5. The maximum absolute atomic E-state index is 13.5. The number of aryl methyl sites for hydroxylation is 1. The first-order chi connectivity index (χ1) is 16.4. The van der Waals surface area contributed by atoms with Crippen LogP contribution in [0.4, 0.5) is 5.69 Å². The number of benzene rings is 2. The summed E-state index contributed by atoms with van der Waals surface area (Å²) < 4.78 is 0. The molecule has 2 aromatic rings. The fourth-order valence-corrected chi connectivity index (χ4v) is 7.08. The zero-order valence-corrected chi connectivity index (χ0v) is 19.4. The van der Waals surface area contributed by atoms with E-state index in [0.717, 1.165) is 44.9 Å². The summed E-state index contributed by atoms with van der Waals surface area (Å²) in [6, 6.07) is 16.6. The Hall–Kier alpha value is -3.15. The van der Waals surface area contributed by atoms with Gasteiger partial charge in [-0.2, -0.15) is 0 Å². The van der Waals surface area contributed by atoms with Crippen molar-refractivity contribution in [3.05, 3.63) is 65.7 Å². The molecule has 2 amide bonds. The van der Waals surface area contributed by atoms with E-state index >= 15 is 0 Å². The number of rotatable bonds is 8. The van der Waals surface area contributed by atoms with E-state index in [2.05, 4.69) is 22.8 Å². The molecule has 6 heteroatoms. The van der Waals surface area contributed by atoms with Crippen molar-refractivity contribution in [2.45, 2.75) is 51.4 Å². The topological polar surface area (TPSA) is 95.5 Å². The number of nitrogens with one attached hydrogen (secondary N) is 2. The number of carbonyl (C=O) groups excluding carboxylic acids is 2. The van der Waals surface area contributed by atoms with Crippen LogP contribution in [0.1, 0.15) is 60.9 Å². The van der Waals surface area contributed by atoms with Crippen LogP contribution in [0.25, 0.3) is 0 Å². The molecule has 178 valence electrons. The number of carboxylic acid groups (broad SMARTS) is 1. The lowest BCUT2D eigenvalue weighted by atomic mass is 9.43. The Morgan fingerprint density at radius 3 is 2.09 bits per heavy atom. The van der Waals surface area contributed by atoms with Gasteiger partial charge in [-0.3, -0.25) is 9.59 Å². The third kappa shape index (κ3) is 4.33. The summed E-state index contributed by atoms with van der Waals surface area (Å²) in [4.78, 5) is 38.0. The minimum Gasteiger partial charge on any atom is -0.478 e. The Labute approximate surface area is 200 Å². The number of aromatic carboxylic acids is 1. The van der Waals surface area contributed by atoms with Crippen molar-refractivity contribution in [2.75, 3.05) is 11.9 Å². The van der Waals surface area contributed by atoms with Crippen molar-refractivity contribution >= 4 is 23.5 Å². The van der Waals surface area contributed by atoms with E-state index in [9.17, 15) is 14.4 Å². The summed E-state index contributed by atoms with van der Waals surface area (Å²) in [7, 11) is 0. The van der Waals surface area contributed by atoms with Gasteiger partial charge in [0.05, 0.1) is 16.4 Å². The molecule has 34 heavy (non-hydrogen) atoms. The van der Waals surface area contributed by atoms with E-state index in [1.165, 1.54) is 17.7 Å². The van der Waals surface area contributed by atoms with Crippen molar-refractivity contribution in [1.29, 1.82) is 0 Å². The first kappa shape index (κ1) is 22.6. The summed E-state index contributed by atoms with van der Waals surface area (Å²) in [6.45, 7) is 0.653. The number of carbonyl (C=O) groups is 3. The summed E-state index contributed by atoms with van der Waals surface area (Å²) in [5.74, 6) is -0.0628. The van der Waals surface area contributed by atoms with Gasteiger partial charge in [-0.25, -0.2) is 4.79 Å². The van der Waals surface area contributed by atoms with Crippen molar-refractivity contribution in [2.24, 2.45) is 22.7 Å². The van der Waals surface area contributed by atoms with Gasteiger partial charge in [0, 0.05) is 12.2 Å². The van der Waals surface area contributed by atoms with E-state index in [0.29, 0.717) is 30.5 Å². The summed E-state index contributed by atoms with van der Waals surface area (Å²) in [5, 5.41) is 15.3. The zero-order chi connectivity index (χ0) is 23.8. The first-order valence-corrected chi connectivity index (χ1v) is 12.3. The molecule has 4 aliphatic carbocycles. The van der Waals surface area contributed by atoms with Crippen LogP contribution in [0.15, 0.2) is 54.6 Å². The van der Waals surface area contributed by atoms with Gasteiger partial charge in [0.25, 0.3) is 0 Å². The molecule has 4 saturated carbocycles. The lowest BCUT2D eigenvalue weighted by Crippen LogP contribution is -2.60. The van der Waals surface area contributed by atoms with E-state index < -0.39 is 16.8 Å². The van der Waals surface area contributed by atoms with Crippen LogP contribution in [-0.4, -0.2) is 29.4 Å². The predicted molar refractivity (Wildman–Crippen MR) is 129 cm³/mol. The van der Waals surface area contributed by atoms with E-state index in [4.69, 9.17) is 5.11 Å². The van der Waals surface area contributed by atoms with Crippen LogP contribution >= 0.6 is 0 Å². The highest BCUT2D eigenvalue weighted by Gasteiger charge is 2.63. The van der Waals surface area contributed by atoms with Gasteiger partial charge in [-0.1, -0.05) is 30.3 Å². The minimum absolute atomic E-state index is 0.0223. The second-order valence-electron chi connectivity index (χ2n) is 10.7.